The fourth-order valence-corrected chi connectivity index (χ4v) is 1.71. The van der Waals surface area contributed by atoms with Gasteiger partial charge in [-0.2, -0.15) is 0 Å². The average molecular weight is 286 g/mol. The molecule has 0 fully saturated rings. The van der Waals surface area contributed by atoms with Gasteiger partial charge in [0.25, 0.3) is 5.91 Å². The summed E-state index contributed by atoms with van der Waals surface area (Å²) in [7, 11) is 0. The van der Waals surface area contributed by atoms with Crippen molar-refractivity contribution in [2.24, 2.45) is 17.1 Å². The third kappa shape index (κ3) is 4.91. The summed E-state index contributed by atoms with van der Waals surface area (Å²) in [5.74, 6) is 6.19. The summed E-state index contributed by atoms with van der Waals surface area (Å²) in [5.41, 5.74) is 7.86. The number of carbonyl (C=O) groups is 1. The molecule has 3 heteroatoms. The van der Waals surface area contributed by atoms with Gasteiger partial charge >= 0.3 is 0 Å². The monoisotopic (exact) mass is 286 g/mol. The molecule has 0 atom stereocenters. The predicted molar refractivity (Wildman–Crippen MR) is 88.1 cm³/mol. The highest BCUT2D eigenvalue weighted by Crippen LogP contribution is 2.24. The van der Waals surface area contributed by atoms with Crippen molar-refractivity contribution in [2.45, 2.75) is 34.6 Å². The molecule has 0 bridgehead atoms. The van der Waals surface area contributed by atoms with Crippen molar-refractivity contribution in [1.29, 1.82) is 0 Å². The number of carbonyl (C=O) groups excluding carboxylic acids is 1. The van der Waals surface area contributed by atoms with Gasteiger partial charge in [0.2, 0.25) is 0 Å². The molecule has 0 spiro atoms. The van der Waals surface area contributed by atoms with Gasteiger partial charge in [0.15, 0.2) is 0 Å². The molecule has 0 aromatic heterocycles. The van der Waals surface area contributed by atoms with Gasteiger partial charge in [-0.15, -0.1) is 0 Å². The van der Waals surface area contributed by atoms with Gasteiger partial charge in [0.05, 0.1) is 12.1 Å². The Morgan fingerprint density at radius 3 is 2.62 bits per heavy atom. The third-order valence-electron chi connectivity index (χ3n) is 4.01. The molecular formula is C18H26N2O. The Kier molecular flexibility index (Phi) is 5.99. The lowest BCUT2D eigenvalue weighted by Crippen LogP contribution is -2.37. The summed E-state index contributed by atoms with van der Waals surface area (Å²) in [5, 5.41) is 3.03. The van der Waals surface area contributed by atoms with Crippen molar-refractivity contribution in [3.05, 3.63) is 34.9 Å². The van der Waals surface area contributed by atoms with Crippen LogP contribution in [0.1, 0.15) is 49.2 Å². The standard InChI is InChI=1S/C18H26N2O/c1-13(2)18(4,5)12-20-17(21)16-11-14(3)8-9-15(16)7-6-10-19/h8-9,11,13H,10,12,19H2,1-5H3,(H,20,21). The van der Waals surface area contributed by atoms with E-state index >= 15 is 0 Å². The Hall–Kier alpha value is -1.79. The summed E-state index contributed by atoms with van der Waals surface area (Å²) in [6, 6.07) is 5.70. The number of aryl methyl sites for hydroxylation is 1. The lowest BCUT2D eigenvalue weighted by molar-refractivity contribution is 0.0924. The second-order valence-corrected chi connectivity index (χ2v) is 6.38. The predicted octanol–water partition coefficient (Wildman–Crippen LogP) is 2.72. The molecule has 1 aromatic carbocycles. The van der Waals surface area contributed by atoms with Crippen LogP contribution >= 0.6 is 0 Å². The number of amides is 1. The van der Waals surface area contributed by atoms with E-state index in [2.05, 4.69) is 44.9 Å². The highest BCUT2D eigenvalue weighted by molar-refractivity contribution is 5.97. The number of hydrogen-bond acceptors (Lipinski definition) is 2. The molecule has 0 unspecified atom stereocenters. The van der Waals surface area contributed by atoms with Crippen molar-refractivity contribution in [3.8, 4) is 11.8 Å². The highest BCUT2D eigenvalue weighted by atomic mass is 16.1. The Labute approximate surface area is 128 Å². The van der Waals surface area contributed by atoms with Crippen LogP contribution in [0.25, 0.3) is 0 Å². The van der Waals surface area contributed by atoms with Crippen molar-refractivity contribution in [2.75, 3.05) is 13.1 Å². The Morgan fingerprint density at radius 2 is 2.05 bits per heavy atom. The van der Waals surface area contributed by atoms with Gasteiger partial charge in [-0.3, -0.25) is 4.79 Å². The van der Waals surface area contributed by atoms with E-state index in [-0.39, 0.29) is 17.9 Å². The number of hydrogen-bond donors (Lipinski definition) is 2. The molecule has 1 amide bonds. The summed E-state index contributed by atoms with van der Waals surface area (Å²) < 4.78 is 0. The lowest BCUT2D eigenvalue weighted by atomic mass is 9.81. The van der Waals surface area contributed by atoms with E-state index in [0.29, 0.717) is 18.0 Å². The first-order chi connectivity index (χ1) is 9.77. The topological polar surface area (TPSA) is 55.1 Å². The van der Waals surface area contributed by atoms with E-state index < -0.39 is 0 Å². The lowest BCUT2D eigenvalue weighted by Gasteiger charge is -2.29. The van der Waals surface area contributed by atoms with Crippen LogP contribution in [0.2, 0.25) is 0 Å². The summed E-state index contributed by atoms with van der Waals surface area (Å²) in [6.07, 6.45) is 0. The maximum absolute atomic E-state index is 12.4. The molecule has 1 rings (SSSR count). The fourth-order valence-electron chi connectivity index (χ4n) is 1.71. The first-order valence-electron chi connectivity index (χ1n) is 7.35. The third-order valence-corrected chi connectivity index (χ3v) is 4.01. The van der Waals surface area contributed by atoms with Crippen LogP contribution in [0.15, 0.2) is 18.2 Å². The normalized spacial score (nSPS) is 11.0. The number of rotatable bonds is 4. The van der Waals surface area contributed by atoms with Crippen LogP contribution in [0, 0.1) is 30.1 Å². The molecule has 1 aromatic rings. The minimum absolute atomic E-state index is 0.0581. The molecule has 114 valence electrons. The van der Waals surface area contributed by atoms with Gasteiger partial charge in [-0.1, -0.05) is 51.2 Å². The number of benzene rings is 1. The number of nitrogens with one attached hydrogen (secondary N) is 1. The van der Waals surface area contributed by atoms with E-state index in [9.17, 15) is 4.79 Å². The zero-order valence-corrected chi connectivity index (χ0v) is 13.7. The maximum atomic E-state index is 12.4. The minimum atomic E-state index is -0.0752. The smallest absolute Gasteiger partial charge is 0.252 e. The van der Waals surface area contributed by atoms with Crippen LogP contribution in [-0.2, 0) is 0 Å². The molecule has 0 saturated heterocycles. The number of nitrogens with two attached hydrogens (primary N) is 1. The molecule has 0 aliphatic carbocycles. The van der Waals surface area contributed by atoms with E-state index in [0.717, 1.165) is 11.1 Å². The largest absolute Gasteiger partial charge is 0.351 e. The maximum Gasteiger partial charge on any atom is 0.252 e. The summed E-state index contributed by atoms with van der Waals surface area (Å²) in [6.45, 7) is 11.5. The molecule has 0 radical (unpaired) electrons. The van der Waals surface area contributed by atoms with Gasteiger partial charge in [-0.25, -0.2) is 0 Å². The quantitative estimate of drug-likeness (QED) is 0.836. The minimum Gasteiger partial charge on any atom is -0.351 e. The van der Waals surface area contributed by atoms with Crippen LogP contribution in [0.5, 0.6) is 0 Å². The Balaban J connectivity index is 2.94. The van der Waals surface area contributed by atoms with Crippen LogP contribution < -0.4 is 11.1 Å². The SMILES string of the molecule is Cc1ccc(C#CCN)c(C(=O)NCC(C)(C)C(C)C)c1. The average Bonchev–Trinajstić information content (AvgIpc) is 2.43. The fraction of sp³-hybridized carbons (Fsp3) is 0.500. The Bertz CT molecular complexity index is 562. The first-order valence-corrected chi connectivity index (χ1v) is 7.35. The Morgan fingerprint density at radius 1 is 1.38 bits per heavy atom. The van der Waals surface area contributed by atoms with Crippen molar-refractivity contribution >= 4 is 5.91 Å². The summed E-state index contributed by atoms with van der Waals surface area (Å²) >= 11 is 0. The van der Waals surface area contributed by atoms with Crippen LogP contribution in [0.4, 0.5) is 0 Å². The van der Waals surface area contributed by atoms with E-state index in [1.807, 2.05) is 25.1 Å². The molecule has 0 aliphatic rings. The van der Waals surface area contributed by atoms with E-state index in [1.165, 1.54) is 0 Å². The van der Waals surface area contributed by atoms with Crippen LogP contribution in [0.3, 0.4) is 0 Å². The second kappa shape index (κ2) is 7.28. The molecular weight excluding hydrogens is 260 g/mol. The van der Waals surface area contributed by atoms with E-state index in [1.54, 1.807) is 0 Å². The van der Waals surface area contributed by atoms with Crippen molar-refractivity contribution < 1.29 is 4.79 Å². The van der Waals surface area contributed by atoms with E-state index in [4.69, 9.17) is 5.73 Å². The molecule has 3 nitrogen and oxygen atoms in total. The molecule has 3 N–H and O–H groups in total. The zero-order valence-electron chi connectivity index (χ0n) is 13.7. The zero-order chi connectivity index (χ0) is 16.0. The van der Waals surface area contributed by atoms with Crippen molar-refractivity contribution in [1.82, 2.24) is 5.32 Å². The van der Waals surface area contributed by atoms with Gasteiger partial charge in [-0.05, 0) is 30.4 Å². The highest BCUT2D eigenvalue weighted by Gasteiger charge is 2.23. The summed E-state index contributed by atoms with van der Waals surface area (Å²) in [4.78, 5) is 12.4. The van der Waals surface area contributed by atoms with Gasteiger partial charge in [0, 0.05) is 12.1 Å². The molecule has 21 heavy (non-hydrogen) atoms. The van der Waals surface area contributed by atoms with Gasteiger partial charge in [0.1, 0.15) is 0 Å². The van der Waals surface area contributed by atoms with Crippen LogP contribution in [-0.4, -0.2) is 19.0 Å². The molecule has 0 heterocycles. The molecule has 0 saturated carbocycles. The van der Waals surface area contributed by atoms with Gasteiger partial charge < -0.3 is 11.1 Å². The first kappa shape index (κ1) is 17.3. The second-order valence-electron chi connectivity index (χ2n) is 6.38. The molecule has 0 aliphatic heterocycles. The van der Waals surface area contributed by atoms with Crippen molar-refractivity contribution in [3.63, 3.8) is 0 Å².